The minimum absolute atomic E-state index is 0.170. The fourth-order valence-corrected chi connectivity index (χ4v) is 3.90. The van der Waals surface area contributed by atoms with Gasteiger partial charge in [-0.2, -0.15) is 0 Å². The van der Waals surface area contributed by atoms with Crippen molar-refractivity contribution in [3.8, 4) is 0 Å². The Morgan fingerprint density at radius 2 is 1.64 bits per heavy atom. The second-order valence-corrected chi connectivity index (χ2v) is 7.66. The maximum Gasteiger partial charge on any atom is 0.272 e. The molecule has 1 aliphatic heterocycles. The van der Waals surface area contributed by atoms with Gasteiger partial charge in [-0.25, -0.2) is 4.90 Å². The van der Waals surface area contributed by atoms with Crippen LogP contribution < -0.4 is 4.90 Å². The number of halogens is 3. The molecule has 0 aromatic heterocycles. The van der Waals surface area contributed by atoms with Crippen LogP contribution in [0.15, 0.2) is 47.4 Å². The zero-order valence-corrected chi connectivity index (χ0v) is 16.1. The molecule has 3 rings (SSSR count). The third-order valence-corrected chi connectivity index (χ3v) is 5.65. The van der Waals surface area contributed by atoms with E-state index in [9.17, 15) is 9.59 Å². The Morgan fingerprint density at radius 3 is 2.28 bits per heavy atom. The Balaban J connectivity index is 2.13. The van der Waals surface area contributed by atoms with Crippen LogP contribution in [0, 0.1) is 0 Å². The monoisotopic (exact) mass is 411 g/mol. The smallest absolute Gasteiger partial charge is 0.268 e. The van der Waals surface area contributed by atoms with Crippen molar-refractivity contribution >= 4 is 69.6 Å². The van der Waals surface area contributed by atoms with Gasteiger partial charge in [0, 0.05) is 5.02 Å². The predicted molar refractivity (Wildman–Crippen MR) is 105 cm³/mol. The van der Waals surface area contributed by atoms with Gasteiger partial charge in [0.05, 0.1) is 26.2 Å². The van der Waals surface area contributed by atoms with E-state index in [1.54, 1.807) is 42.5 Å². The number of amides is 2. The third kappa shape index (κ3) is 3.32. The third-order valence-electron chi connectivity index (χ3n) is 3.64. The first kappa shape index (κ1) is 18.3. The van der Waals surface area contributed by atoms with Gasteiger partial charge < -0.3 is 0 Å². The standard InChI is InChI=1S/C18H12Cl3NO2S/c1-2-25-16-14(10-6-8-11(19)9-7-10)17(23)22(18(16)24)13-5-3-4-12(20)15(13)21/h3-9H,2H2,1H3. The molecule has 0 radical (unpaired) electrons. The fourth-order valence-electron chi connectivity index (χ4n) is 2.54. The number of thioether (sulfide) groups is 1. The van der Waals surface area contributed by atoms with E-state index in [0.717, 1.165) is 4.90 Å². The Kier molecular flexibility index (Phi) is 5.44. The van der Waals surface area contributed by atoms with E-state index >= 15 is 0 Å². The van der Waals surface area contributed by atoms with Crippen LogP contribution in [0.4, 0.5) is 5.69 Å². The Hall–Kier alpha value is -1.46. The maximum absolute atomic E-state index is 13.0. The van der Waals surface area contributed by atoms with Gasteiger partial charge in [0.25, 0.3) is 11.8 Å². The molecule has 0 saturated carbocycles. The molecule has 2 amide bonds. The van der Waals surface area contributed by atoms with Crippen molar-refractivity contribution < 1.29 is 9.59 Å². The number of anilines is 1. The molecule has 0 N–H and O–H groups in total. The van der Waals surface area contributed by atoms with Gasteiger partial charge >= 0.3 is 0 Å². The quantitative estimate of drug-likeness (QED) is 0.606. The number of rotatable bonds is 4. The maximum atomic E-state index is 13.0. The molecule has 2 aromatic rings. The van der Waals surface area contributed by atoms with Crippen LogP contribution in [0.25, 0.3) is 5.57 Å². The summed E-state index contributed by atoms with van der Waals surface area (Å²) in [5.74, 6) is -0.166. The van der Waals surface area contributed by atoms with Crippen molar-refractivity contribution in [1.29, 1.82) is 0 Å². The molecule has 0 saturated heterocycles. The molecule has 0 fully saturated rings. The van der Waals surface area contributed by atoms with E-state index < -0.39 is 11.8 Å². The van der Waals surface area contributed by atoms with E-state index in [0.29, 0.717) is 26.8 Å². The summed E-state index contributed by atoms with van der Waals surface area (Å²) in [5.41, 5.74) is 1.27. The fraction of sp³-hybridized carbons (Fsp3) is 0.111. The molecule has 2 aromatic carbocycles. The molecular weight excluding hydrogens is 401 g/mol. The van der Waals surface area contributed by atoms with Gasteiger partial charge in [0.2, 0.25) is 0 Å². The zero-order valence-electron chi connectivity index (χ0n) is 13.1. The van der Waals surface area contributed by atoms with E-state index in [1.165, 1.54) is 11.8 Å². The van der Waals surface area contributed by atoms with Crippen LogP contribution in [0.3, 0.4) is 0 Å². The van der Waals surface area contributed by atoms with Crippen molar-refractivity contribution in [2.24, 2.45) is 0 Å². The number of carbonyl (C=O) groups is 2. The highest BCUT2D eigenvalue weighted by atomic mass is 35.5. The molecule has 128 valence electrons. The van der Waals surface area contributed by atoms with Gasteiger partial charge in [-0.15, -0.1) is 11.8 Å². The molecule has 1 aliphatic rings. The van der Waals surface area contributed by atoms with Crippen LogP contribution in [-0.4, -0.2) is 17.6 Å². The van der Waals surface area contributed by atoms with Gasteiger partial charge in [-0.1, -0.05) is 59.9 Å². The first-order valence-corrected chi connectivity index (χ1v) is 9.53. The molecule has 3 nitrogen and oxygen atoms in total. The normalized spacial score (nSPS) is 14.6. The van der Waals surface area contributed by atoms with Gasteiger partial charge in [-0.3, -0.25) is 9.59 Å². The summed E-state index contributed by atoms with van der Waals surface area (Å²) in [4.78, 5) is 27.4. The highest BCUT2D eigenvalue weighted by Crippen LogP contribution is 2.42. The summed E-state index contributed by atoms with van der Waals surface area (Å²) < 4.78 is 0. The number of hydrogen-bond donors (Lipinski definition) is 0. The summed E-state index contributed by atoms with van der Waals surface area (Å²) in [7, 11) is 0. The molecule has 7 heteroatoms. The molecule has 1 heterocycles. The van der Waals surface area contributed by atoms with Crippen LogP contribution >= 0.6 is 46.6 Å². The summed E-state index contributed by atoms with van der Waals surface area (Å²) in [6.45, 7) is 1.92. The van der Waals surface area contributed by atoms with Crippen LogP contribution in [0.2, 0.25) is 15.1 Å². The first-order valence-electron chi connectivity index (χ1n) is 7.41. The highest BCUT2D eigenvalue weighted by Gasteiger charge is 2.40. The minimum Gasteiger partial charge on any atom is -0.268 e. The van der Waals surface area contributed by atoms with Crippen LogP contribution in [-0.2, 0) is 9.59 Å². The lowest BCUT2D eigenvalue weighted by molar-refractivity contribution is -0.119. The molecular formula is C18H12Cl3NO2S. The predicted octanol–water partition coefficient (Wildman–Crippen LogP) is 5.68. The van der Waals surface area contributed by atoms with Gasteiger partial charge in [0.1, 0.15) is 0 Å². The zero-order chi connectivity index (χ0) is 18.1. The summed E-state index contributed by atoms with van der Waals surface area (Å²) in [5, 5.41) is 1.01. The molecule has 0 aliphatic carbocycles. The average Bonchev–Trinajstić information content (AvgIpc) is 2.83. The summed E-state index contributed by atoms with van der Waals surface area (Å²) in [6.07, 6.45) is 0. The van der Waals surface area contributed by atoms with Crippen molar-refractivity contribution in [1.82, 2.24) is 0 Å². The molecule has 0 bridgehead atoms. The number of hydrogen-bond acceptors (Lipinski definition) is 3. The Bertz CT molecular complexity index is 894. The Morgan fingerprint density at radius 1 is 0.960 bits per heavy atom. The van der Waals surface area contributed by atoms with Gasteiger partial charge in [-0.05, 0) is 35.6 Å². The van der Waals surface area contributed by atoms with Crippen LogP contribution in [0.1, 0.15) is 12.5 Å². The number of nitrogens with zero attached hydrogens (tertiary/aromatic N) is 1. The van der Waals surface area contributed by atoms with Crippen molar-refractivity contribution in [2.75, 3.05) is 10.7 Å². The molecule has 0 spiro atoms. The van der Waals surface area contributed by atoms with E-state index in [1.807, 2.05) is 6.92 Å². The lowest BCUT2D eigenvalue weighted by atomic mass is 10.1. The largest absolute Gasteiger partial charge is 0.272 e. The second kappa shape index (κ2) is 7.42. The highest BCUT2D eigenvalue weighted by molar-refractivity contribution is 8.04. The molecule has 25 heavy (non-hydrogen) atoms. The minimum atomic E-state index is -0.424. The van der Waals surface area contributed by atoms with E-state index in [4.69, 9.17) is 34.8 Å². The lowest BCUT2D eigenvalue weighted by Crippen LogP contribution is -2.31. The number of imide groups is 1. The van der Waals surface area contributed by atoms with Crippen LogP contribution in [0.5, 0.6) is 0 Å². The average molecular weight is 413 g/mol. The number of carbonyl (C=O) groups excluding carboxylic acids is 2. The summed E-state index contributed by atoms with van der Waals surface area (Å²) >= 11 is 19.5. The topological polar surface area (TPSA) is 37.4 Å². The van der Waals surface area contributed by atoms with Crippen molar-refractivity contribution in [2.45, 2.75) is 6.92 Å². The Labute approximate surface area is 164 Å². The van der Waals surface area contributed by atoms with Gasteiger partial charge in [0.15, 0.2) is 0 Å². The van der Waals surface area contributed by atoms with E-state index in [2.05, 4.69) is 0 Å². The second-order valence-electron chi connectivity index (χ2n) is 5.16. The summed E-state index contributed by atoms with van der Waals surface area (Å²) in [6, 6.07) is 11.7. The molecule has 0 unspecified atom stereocenters. The lowest BCUT2D eigenvalue weighted by Gasteiger charge is -2.17. The molecule has 0 atom stereocenters. The SMILES string of the molecule is CCSC1=C(c2ccc(Cl)cc2)C(=O)N(c2cccc(Cl)c2Cl)C1=O. The van der Waals surface area contributed by atoms with Crippen molar-refractivity contribution in [3.63, 3.8) is 0 Å². The van der Waals surface area contributed by atoms with Crippen molar-refractivity contribution in [3.05, 3.63) is 68.0 Å². The number of benzene rings is 2. The van der Waals surface area contributed by atoms with E-state index in [-0.39, 0.29) is 15.7 Å². The first-order chi connectivity index (χ1) is 12.0.